The molecule has 3 nitrogen and oxygen atoms in total. The number of nitriles is 2. The normalized spacial score (nSPS) is 9.60. The minimum atomic E-state index is -0.615. The molecule has 0 aliphatic carbocycles. The monoisotopic (exact) mass is 286 g/mol. The lowest BCUT2D eigenvalue weighted by Gasteiger charge is -2.09. The maximum Gasteiger partial charge on any atom is 0.147 e. The number of hydrogen-bond acceptors (Lipinski definition) is 3. The second-order valence-electron chi connectivity index (χ2n) is 3.90. The average Bonchev–Trinajstić information content (AvgIpc) is 2.46. The van der Waals surface area contributed by atoms with E-state index in [9.17, 15) is 4.39 Å². The molecule has 2 aromatic rings. The highest BCUT2D eigenvalue weighted by Crippen LogP contribution is 2.26. The molecule has 0 N–H and O–H groups in total. The first-order chi connectivity index (χ1) is 9.67. The van der Waals surface area contributed by atoms with E-state index in [0.29, 0.717) is 0 Å². The Kier molecular flexibility index (Phi) is 4.20. The molecule has 20 heavy (non-hydrogen) atoms. The second kappa shape index (κ2) is 6.06. The van der Waals surface area contributed by atoms with Crippen LogP contribution in [-0.2, 0) is 6.61 Å². The Bertz CT molecular complexity index is 732. The summed E-state index contributed by atoms with van der Waals surface area (Å²) in [6.45, 7) is -0.0869. The smallest absolute Gasteiger partial charge is 0.147 e. The van der Waals surface area contributed by atoms with E-state index in [2.05, 4.69) is 0 Å². The third-order valence-electron chi connectivity index (χ3n) is 2.67. The lowest BCUT2D eigenvalue weighted by molar-refractivity contribution is 0.299. The van der Waals surface area contributed by atoms with Gasteiger partial charge in [-0.15, -0.1) is 0 Å². The van der Waals surface area contributed by atoms with Gasteiger partial charge in [-0.2, -0.15) is 10.5 Å². The largest absolute Gasteiger partial charge is 0.487 e. The molecule has 0 spiro atoms. The predicted molar refractivity (Wildman–Crippen MR) is 71.6 cm³/mol. The molecule has 0 bridgehead atoms. The molecule has 0 saturated carbocycles. The van der Waals surface area contributed by atoms with Gasteiger partial charge in [0.15, 0.2) is 0 Å². The fraction of sp³-hybridized carbons (Fsp3) is 0.0667. The first-order valence-electron chi connectivity index (χ1n) is 5.66. The van der Waals surface area contributed by atoms with Gasteiger partial charge in [-0.25, -0.2) is 4.39 Å². The number of rotatable bonds is 3. The lowest BCUT2D eigenvalue weighted by atomic mass is 10.1. The SMILES string of the molecule is N#Cc1cccc(COc2cccc(Cl)c2C#N)c1F. The van der Waals surface area contributed by atoms with Gasteiger partial charge in [0.25, 0.3) is 0 Å². The maximum atomic E-state index is 13.8. The van der Waals surface area contributed by atoms with Gasteiger partial charge in [0.05, 0.1) is 10.6 Å². The summed E-state index contributed by atoms with van der Waals surface area (Å²) in [7, 11) is 0. The zero-order valence-electron chi connectivity index (χ0n) is 10.2. The Morgan fingerprint density at radius 3 is 2.55 bits per heavy atom. The highest BCUT2D eigenvalue weighted by Gasteiger charge is 2.11. The van der Waals surface area contributed by atoms with Crippen molar-refractivity contribution < 1.29 is 9.13 Å². The molecule has 0 saturated heterocycles. The van der Waals surface area contributed by atoms with Crippen LogP contribution in [0.1, 0.15) is 16.7 Å². The van der Waals surface area contributed by atoms with E-state index in [4.69, 9.17) is 26.9 Å². The third-order valence-corrected chi connectivity index (χ3v) is 2.98. The Morgan fingerprint density at radius 1 is 1.10 bits per heavy atom. The lowest BCUT2D eigenvalue weighted by Crippen LogP contribution is -2.01. The molecule has 5 heteroatoms. The van der Waals surface area contributed by atoms with Gasteiger partial charge in [0.2, 0.25) is 0 Å². The van der Waals surface area contributed by atoms with Crippen molar-refractivity contribution in [3.63, 3.8) is 0 Å². The van der Waals surface area contributed by atoms with Crippen LogP contribution < -0.4 is 4.74 Å². The van der Waals surface area contributed by atoms with Gasteiger partial charge in [-0.1, -0.05) is 29.8 Å². The number of nitrogens with zero attached hydrogens (tertiary/aromatic N) is 2. The van der Waals surface area contributed by atoms with Crippen molar-refractivity contribution in [3.8, 4) is 17.9 Å². The van der Waals surface area contributed by atoms with E-state index < -0.39 is 5.82 Å². The highest BCUT2D eigenvalue weighted by molar-refractivity contribution is 6.31. The van der Waals surface area contributed by atoms with Crippen LogP contribution in [0, 0.1) is 28.5 Å². The number of benzene rings is 2. The van der Waals surface area contributed by atoms with Crippen molar-refractivity contribution in [1.82, 2.24) is 0 Å². The van der Waals surface area contributed by atoms with Gasteiger partial charge >= 0.3 is 0 Å². The molecular formula is C15H8ClFN2O. The van der Waals surface area contributed by atoms with Gasteiger partial charge in [0.1, 0.15) is 35.9 Å². The second-order valence-corrected chi connectivity index (χ2v) is 4.31. The summed E-state index contributed by atoms with van der Waals surface area (Å²) in [6, 6.07) is 13.0. The predicted octanol–water partition coefficient (Wildman–Crippen LogP) is 3.80. The molecule has 0 fully saturated rings. The highest BCUT2D eigenvalue weighted by atomic mass is 35.5. The van der Waals surface area contributed by atoms with E-state index in [1.165, 1.54) is 12.1 Å². The van der Waals surface area contributed by atoms with Crippen molar-refractivity contribution >= 4 is 11.6 Å². The zero-order valence-corrected chi connectivity index (χ0v) is 11.0. The number of hydrogen-bond donors (Lipinski definition) is 0. The van der Waals surface area contributed by atoms with Crippen molar-refractivity contribution in [2.24, 2.45) is 0 Å². The first-order valence-corrected chi connectivity index (χ1v) is 6.04. The van der Waals surface area contributed by atoms with Crippen molar-refractivity contribution in [2.45, 2.75) is 6.61 Å². The van der Waals surface area contributed by atoms with Crippen LogP contribution in [0.5, 0.6) is 5.75 Å². The Morgan fingerprint density at radius 2 is 1.85 bits per heavy atom. The fourth-order valence-electron chi connectivity index (χ4n) is 1.67. The molecule has 0 heterocycles. The quantitative estimate of drug-likeness (QED) is 0.862. The van der Waals surface area contributed by atoms with E-state index in [1.54, 1.807) is 30.3 Å². The summed E-state index contributed by atoms with van der Waals surface area (Å²) in [5.41, 5.74) is 0.400. The molecule has 0 aliphatic rings. The first kappa shape index (κ1) is 13.9. The molecule has 2 rings (SSSR count). The summed E-state index contributed by atoms with van der Waals surface area (Å²) >= 11 is 5.87. The number of ether oxygens (including phenoxy) is 1. The Balaban J connectivity index is 2.25. The van der Waals surface area contributed by atoms with Crippen molar-refractivity contribution in [3.05, 3.63) is 63.9 Å². The third kappa shape index (κ3) is 2.71. The van der Waals surface area contributed by atoms with Crippen LogP contribution in [0.3, 0.4) is 0 Å². The molecule has 2 aromatic carbocycles. The molecule has 0 radical (unpaired) electrons. The standard InChI is InChI=1S/C15H8ClFN2O/c16-13-5-2-6-14(12(13)8-19)20-9-11-4-1-3-10(7-18)15(11)17/h1-6H,9H2. The fourth-order valence-corrected chi connectivity index (χ4v) is 1.87. The van der Waals surface area contributed by atoms with E-state index in [-0.39, 0.29) is 34.1 Å². The van der Waals surface area contributed by atoms with Crippen LogP contribution in [-0.4, -0.2) is 0 Å². The van der Waals surface area contributed by atoms with Crippen LogP contribution in [0.4, 0.5) is 4.39 Å². The van der Waals surface area contributed by atoms with Crippen molar-refractivity contribution in [1.29, 1.82) is 10.5 Å². The minimum Gasteiger partial charge on any atom is -0.487 e. The van der Waals surface area contributed by atoms with E-state index in [0.717, 1.165) is 0 Å². The molecular weight excluding hydrogens is 279 g/mol. The summed E-state index contributed by atoms with van der Waals surface area (Å²) in [5, 5.41) is 18.0. The summed E-state index contributed by atoms with van der Waals surface area (Å²) in [4.78, 5) is 0. The topological polar surface area (TPSA) is 56.8 Å². The summed E-state index contributed by atoms with van der Waals surface area (Å²) in [5.74, 6) is -0.336. The molecule has 0 unspecified atom stereocenters. The van der Waals surface area contributed by atoms with E-state index >= 15 is 0 Å². The maximum absolute atomic E-state index is 13.8. The van der Waals surface area contributed by atoms with Gasteiger partial charge in [-0.3, -0.25) is 0 Å². The molecule has 0 aromatic heterocycles. The van der Waals surface area contributed by atoms with E-state index in [1.807, 2.05) is 6.07 Å². The Labute approximate surface area is 120 Å². The average molecular weight is 287 g/mol. The molecule has 0 aliphatic heterocycles. The van der Waals surface area contributed by atoms with Gasteiger partial charge in [-0.05, 0) is 18.2 Å². The van der Waals surface area contributed by atoms with Crippen molar-refractivity contribution in [2.75, 3.05) is 0 Å². The minimum absolute atomic E-state index is 0.0438. The number of halogens is 2. The summed E-state index contributed by atoms with van der Waals surface area (Å²) in [6.07, 6.45) is 0. The van der Waals surface area contributed by atoms with Crippen LogP contribution in [0.2, 0.25) is 5.02 Å². The Hall–Kier alpha value is -2.56. The van der Waals surface area contributed by atoms with Crippen LogP contribution in [0.25, 0.3) is 0 Å². The van der Waals surface area contributed by atoms with Gasteiger partial charge < -0.3 is 4.74 Å². The van der Waals surface area contributed by atoms with Crippen LogP contribution in [0.15, 0.2) is 36.4 Å². The summed E-state index contributed by atoms with van der Waals surface area (Å²) < 4.78 is 19.3. The molecule has 0 atom stereocenters. The van der Waals surface area contributed by atoms with Crippen LogP contribution >= 0.6 is 11.6 Å². The molecule has 98 valence electrons. The zero-order chi connectivity index (χ0) is 14.5. The van der Waals surface area contributed by atoms with Gasteiger partial charge in [0, 0.05) is 5.56 Å². The molecule has 0 amide bonds.